The lowest BCUT2D eigenvalue weighted by Crippen LogP contribution is -2.31. The van der Waals surface area contributed by atoms with Gasteiger partial charge in [-0.1, -0.05) is 18.2 Å². The summed E-state index contributed by atoms with van der Waals surface area (Å²) >= 11 is 5.35. The molecule has 11 nitrogen and oxygen atoms in total. The Morgan fingerprint density at radius 2 is 1.36 bits per heavy atom. The van der Waals surface area contributed by atoms with E-state index in [1.54, 1.807) is 24.3 Å². The number of nitrogens with one attached hydrogen (secondary N) is 2. The summed E-state index contributed by atoms with van der Waals surface area (Å²) in [6.07, 6.45) is 0. The SMILES string of the molecule is O=[N+]([O-])c1ccc(N2CCN(c3ccc([N+](=O)[O-])cc3)P2OCCNC(=S)Nc2ccccc2)cc1. The number of benzene rings is 3. The Morgan fingerprint density at radius 1 is 0.861 bits per heavy atom. The number of anilines is 3. The number of nitro groups is 2. The molecule has 1 aliphatic heterocycles. The lowest BCUT2D eigenvalue weighted by molar-refractivity contribution is -0.385. The van der Waals surface area contributed by atoms with Crippen LogP contribution in [-0.2, 0) is 4.52 Å². The monoisotopic (exact) mass is 526 g/mol. The summed E-state index contributed by atoms with van der Waals surface area (Å²) in [5, 5.41) is 28.8. The number of nitrogens with zero attached hydrogens (tertiary/aromatic N) is 4. The quantitative estimate of drug-likeness (QED) is 0.128. The first-order valence-electron chi connectivity index (χ1n) is 11.0. The second kappa shape index (κ2) is 11.7. The second-order valence-electron chi connectivity index (χ2n) is 7.63. The molecule has 1 saturated heterocycles. The zero-order chi connectivity index (χ0) is 25.5. The number of hydrogen-bond donors (Lipinski definition) is 2. The van der Waals surface area contributed by atoms with E-state index >= 15 is 0 Å². The lowest BCUT2D eigenvalue weighted by Gasteiger charge is -2.30. The molecule has 0 bridgehead atoms. The van der Waals surface area contributed by atoms with Gasteiger partial charge in [0.25, 0.3) is 11.4 Å². The normalized spacial score (nSPS) is 13.4. The van der Waals surface area contributed by atoms with Crippen LogP contribution < -0.4 is 20.0 Å². The number of hydrogen-bond acceptors (Lipinski definition) is 8. The Balaban J connectivity index is 1.44. The van der Waals surface area contributed by atoms with E-state index in [-0.39, 0.29) is 11.4 Å². The molecule has 0 aliphatic carbocycles. The fourth-order valence-corrected chi connectivity index (χ4v) is 5.76. The van der Waals surface area contributed by atoms with Crippen LogP contribution >= 0.6 is 20.7 Å². The third-order valence-electron chi connectivity index (χ3n) is 5.28. The molecule has 0 unspecified atom stereocenters. The number of nitro benzene ring substituents is 2. The highest BCUT2D eigenvalue weighted by Crippen LogP contribution is 2.54. The first-order valence-corrected chi connectivity index (χ1v) is 12.6. The number of non-ortho nitro benzene ring substituents is 2. The summed E-state index contributed by atoms with van der Waals surface area (Å²) in [6, 6.07) is 22.2. The fourth-order valence-electron chi connectivity index (χ4n) is 3.57. The van der Waals surface area contributed by atoms with E-state index in [4.69, 9.17) is 16.7 Å². The topological polar surface area (TPSA) is 126 Å². The summed E-state index contributed by atoms with van der Waals surface area (Å²) in [6.45, 7) is 2.05. The van der Waals surface area contributed by atoms with Gasteiger partial charge >= 0.3 is 0 Å². The molecule has 186 valence electrons. The Hall–Kier alpha value is -3.86. The average molecular weight is 527 g/mol. The van der Waals surface area contributed by atoms with Crippen molar-refractivity contribution in [2.45, 2.75) is 0 Å². The van der Waals surface area contributed by atoms with Crippen molar-refractivity contribution in [2.75, 3.05) is 40.9 Å². The highest BCUT2D eigenvalue weighted by Gasteiger charge is 2.35. The summed E-state index contributed by atoms with van der Waals surface area (Å²) in [5.74, 6) is 0. The van der Waals surface area contributed by atoms with Crippen molar-refractivity contribution in [1.29, 1.82) is 0 Å². The minimum absolute atomic E-state index is 0.0130. The molecule has 3 aromatic carbocycles. The lowest BCUT2D eigenvalue weighted by atomic mass is 10.3. The maximum atomic E-state index is 11.0. The van der Waals surface area contributed by atoms with Crippen LogP contribution in [0.5, 0.6) is 0 Å². The van der Waals surface area contributed by atoms with Gasteiger partial charge in [0.05, 0.1) is 16.5 Å². The summed E-state index contributed by atoms with van der Waals surface area (Å²) in [5.41, 5.74) is 2.50. The summed E-state index contributed by atoms with van der Waals surface area (Å²) < 4.78 is 10.4. The molecule has 3 aromatic rings. The smallest absolute Gasteiger partial charge is 0.269 e. The molecular formula is C23H23N6O5PS. The van der Waals surface area contributed by atoms with Crippen molar-refractivity contribution in [1.82, 2.24) is 5.32 Å². The molecule has 0 atom stereocenters. The van der Waals surface area contributed by atoms with E-state index in [2.05, 4.69) is 20.0 Å². The minimum Gasteiger partial charge on any atom is -0.360 e. The van der Waals surface area contributed by atoms with Gasteiger partial charge in [0, 0.05) is 61.0 Å². The van der Waals surface area contributed by atoms with E-state index < -0.39 is 18.3 Å². The Kier molecular flexibility index (Phi) is 8.21. The van der Waals surface area contributed by atoms with Gasteiger partial charge < -0.3 is 24.5 Å². The third kappa shape index (κ3) is 6.22. The van der Waals surface area contributed by atoms with Crippen molar-refractivity contribution in [3.8, 4) is 0 Å². The third-order valence-corrected chi connectivity index (χ3v) is 7.63. The largest absolute Gasteiger partial charge is 0.360 e. The molecule has 0 radical (unpaired) electrons. The van der Waals surface area contributed by atoms with Gasteiger partial charge in [-0.3, -0.25) is 20.2 Å². The zero-order valence-corrected chi connectivity index (χ0v) is 20.7. The molecule has 1 heterocycles. The molecule has 2 N–H and O–H groups in total. The molecule has 4 rings (SSSR count). The van der Waals surface area contributed by atoms with Crippen molar-refractivity contribution in [3.05, 3.63) is 99.1 Å². The second-order valence-corrected chi connectivity index (χ2v) is 9.76. The van der Waals surface area contributed by atoms with Gasteiger partial charge in [-0.25, -0.2) is 0 Å². The van der Waals surface area contributed by atoms with Crippen molar-refractivity contribution < 1.29 is 14.4 Å². The van der Waals surface area contributed by atoms with E-state index in [1.807, 2.05) is 30.3 Å². The van der Waals surface area contributed by atoms with Crippen molar-refractivity contribution >= 4 is 54.2 Å². The van der Waals surface area contributed by atoms with E-state index in [1.165, 1.54) is 24.3 Å². The molecule has 1 aliphatic rings. The summed E-state index contributed by atoms with van der Waals surface area (Å²) in [7, 11) is -1.33. The predicted molar refractivity (Wildman–Crippen MR) is 144 cm³/mol. The molecule has 13 heteroatoms. The maximum absolute atomic E-state index is 11.0. The number of para-hydroxylation sites is 1. The summed E-state index contributed by atoms with van der Waals surface area (Å²) in [4.78, 5) is 21.2. The molecular weight excluding hydrogens is 503 g/mol. The van der Waals surface area contributed by atoms with E-state index in [9.17, 15) is 20.2 Å². The molecule has 0 amide bonds. The van der Waals surface area contributed by atoms with Gasteiger partial charge in [-0.05, 0) is 48.6 Å². The maximum Gasteiger partial charge on any atom is 0.269 e. The number of rotatable bonds is 9. The molecule has 36 heavy (non-hydrogen) atoms. The van der Waals surface area contributed by atoms with Gasteiger partial charge in [0.1, 0.15) is 0 Å². The standard InChI is InChI=1S/C23H23N6O5PS/c30-28(31)21-10-6-19(7-11-21)26-15-16-27(20-8-12-22(13-9-20)29(32)33)35(26)34-17-14-24-23(36)25-18-4-2-1-3-5-18/h1-13H,14-17H2,(H2,24,25,36). The molecule has 0 aromatic heterocycles. The fraction of sp³-hybridized carbons (Fsp3) is 0.174. The molecule has 1 fully saturated rings. The van der Waals surface area contributed by atoms with Crippen LogP contribution in [0.15, 0.2) is 78.9 Å². The van der Waals surface area contributed by atoms with Crippen molar-refractivity contribution in [3.63, 3.8) is 0 Å². The van der Waals surface area contributed by atoms with Gasteiger partial charge in [-0.15, -0.1) is 0 Å². The Bertz CT molecular complexity index is 1150. The van der Waals surface area contributed by atoms with Gasteiger partial charge in [-0.2, -0.15) is 0 Å². The highest BCUT2D eigenvalue weighted by atomic mass is 32.1. The predicted octanol–water partition coefficient (Wildman–Crippen LogP) is 5.06. The first-order chi connectivity index (χ1) is 17.4. The van der Waals surface area contributed by atoms with Crippen LogP contribution in [0, 0.1) is 20.2 Å². The minimum atomic E-state index is -1.33. The van der Waals surface area contributed by atoms with Crippen LogP contribution in [0.3, 0.4) is 0 Å². The van der Waals surface area contributed by atoms with Gasteiger partial charge in [0.15, 0.2) is 5.11 Å². The van der Waals surface area contributed by atoms with Crippen LogP contribution in [0.25, 0.3) is 0 Å². The number of thiocarbonyl (C=S) groups is 1. The zero-order valence-electron chi connectivity index (χ0n) is 19.0. The van der Waals surface area contributed by atoms with E-state index in [0.717, 1.165) is 17.1 Å². The average Bonchev–Trinajstić information content (AvgIpc) is 3.31. The van der Waals surface area contributed by atoms with E-state index in [0.29, 0.717) is 31.4 Å². The molecule has 0 saturated carbocycles. The first kappa shape index (κ1) is 25.2. The van der Waals surface area contributed by atoms with Crippen molar-refractivity contribution in [2.24, 2.45) is 0 Å². The van der Waals surface area contributed by atoms with Gasteiger partial charge in [0.2, 0.25) is 8.45 Å². The van der Waals surface area contributed by atoms with Crippen LogP contribution in [0.1, 0.15) is 0 Å². The van der Waals surface area contributed by atoms with Crippen LogP contribution in [0.4, 0.5) is 28.4 Å². The van der Waals surface area contributed by atoms with Crippen LogP contribution in [0.2, 0.25) is 0 Å². The highest BCUT2D eigenvalue weighted by molar-refractivity contribution is 7.80. The Labute approximate surface area is 213 Å². The molecule has 0 spiro atoms. The van der Waals surface area contributed by atoms with Crippen LogP contribution in [-0.4, -0.2) is 41.2 Å². The Morgan fingerprint density at radius 3 is 1.83 bits per heavy atom.